The average Bonchev–Trinajstić information content (AvgIpc) is 3.24. The number of alkyl halides is 1. The van der Waals surface area contributed by atoms with Crippen LogP contribution in [0.4, 0.5) is 4.39 Å². The van der Waals surface area contributed by atoms with Gasteiger partial charge in [0.1, 0.15) is 0 Å². The highest BCUT2D eigenvalue weighted by molar-refractivity contribution is 6.04. The van der Waals surface area contributed by atoms with E-state index in [1.165, 1.54) is 29.3 Å². The Morgan fingerprint density at radius 3 is 3.00 bits per heavy atom. The molecule has 0 fully saturated rings. The quantitative estimate of drug-likeness (QED) is 0.611. The molecule has 120 valence electrons. The zero-order valence-electron chi connectivity index (χ0n) is 12.3. The zero-order valence-corrected chi connectivity index (χ0v) is 12.3. The summed E-state index contributed by atoms with van der Waals surface area (Å²) < 4.78 is 17.4. The molecular weight excluding hydrogens is 313 g/mol. The molecule has 0 aliphatic carbocycles. The van der Waals surface area contributed by atoms with Crippen LogP contribution in [0.1, 0.15) is 11.4 Å². The predicted octanol–water partition coefficient (Wildman–Crippen LogP) is 0.631. The molecule has 0 saturated carbocycles. The maximum Gasteiger partial charge on any atom is 0.251 e. The Bertz CT molecular complexity index is 955. The summed E-state index contributed by atoms with van der Waals surface area (Å²) in [6, 6.07) is 3.44. The number of carbonyl (C=O) groups is 1. The molecule has 24 heavy (non-hydrogen) atoms. The van der Waals surface area contributed by atoms with Crippen LogP contribution < -0.4 is 11.1 Å². The van der Waals surface area contributed by atoms with Crippen molar-refractivity contribution in [3.05, 3.63) is 66.3 Å². The molecule has 0 radical (unpaired) electrons. The molecule has 1 aliphatic heterocycles. The first-order valence-electron chi connectivity index (χ1n) is 7.07. The van der Waals surface area contributed by atoms with Crippen molar-refractivity contribution >= 4 is 17.1 Å². The van der Waals surface area contributed by atoms with Crippen molar-refractivity contribution in [3.63, 3.8) is 0 Å². The van der Waals surface area contributed by atoms with Crippen molar-refractivity contribution in [2.75, 3.05) is 0 Å². The third-order valence-electron chi connectivity index (χ3n) is 3.77. The van der Waals surface area contributed by atoms with Gasteiger partial charge in [-0.15, -0.1) is 0 Å². The lowest BCUT2D eigenvalue weighted by Gasteiger charge is -2.30. The van der Waals surface area contributed by atoms with Gasteiger partial charge in [-0.25, -0.2) is 18.9 Å². The van der Waals surface area contributed by atoms with Gasteiger partial charge in [0, 0.05) is 12.4 Å². The number of H-pyrrole nitrogens is 1. The number of dihydropyridines is 1. The van der Waals surface area contributed by atoms with E-state index in [0.717, 1.165) is 0 Å². The first kappa shape index (κ1) is 14.1. The van der Waals surface area contributed by atoms with E-state index in [0.29, 0.717) is 5.65 Å². The van der Waals surface area contributed by atoms with Gasteiger partial charge in [0.25, 0.3) is 5.79 Å². The lowest BCUT2D eigenvalue weighted by atomic mass is 9.90. The number of aromatic nitrogens is 5. The Morgan fingerprint density at radius 2 is 2.29 bits per heavy atom. The van der Waals surface area contributed by atoms with Crippen LogP contribution in [0, 0.1) is 0 Å². The maximum absolute atomic E-state index is 15.9. The third-order valence-corrected chi connectivity index (χ3v) is 3.77. The van der Waals surface area contributed by atoms with Gasteiger partial charge in [-0.2, -0.15) is 5.10 Å². The number of imidazole rings is 2. The molecule has 0 aromatic carbocycles. The van der Waals surface area contributed by atoms with Crippen LogP contribution in [-0.2, 0) is 10.6 Å². The van der Waals surface area contributed by atoms with Crippen molar-refractivity contribution in [1.29, 1.82) is 0 Å². The molecule has 4 heterocycles. The SMILES string of the molecule is NC(=O)C1=C(c2cn3ncccc3n2)C(F)(c2cnc[nH]2)NC=C1. The van der Waals surface area contributed by atoms with Gasteiger partial charge >= 0.3 is 0 Å². The summed E-state index contributed by atoms with van der Waals surface area (Å²) in [6.07, 6.45) is 8.56. The standard InChI is InChI=1S/C15H12FN7O/c16-15(11-6-18-8-19-11)13(9(14(17)24)3-5-20-15)10-7-23-12(22-10)2-1-4-21-23/h1-8,20H,(H2,17,24)(H,18,19). The van der Waals surface area contributed by atoms with E-state index in [1.807, 2.05) is 0 Å². The van der Waals surface area contributed by atoms with Gasteiger partial charge in [-0.1, -0.05) is 0 Å². The number of hydrogen-bond acceptors (Lipinski definition) is 5. The molecule has 3 aromatic rings. The van der Waals surface area contributed by atoms with E-state index in [4.69, 9.17) is 5.73 Å². The van der Waals surface area contributed by atoms with E-state index >= 15 is 4.39 Å². The Morgan fingerprint density at radius 1 is 1.42 bits per heavy atom. The van der Waals surface area contributed by atoms with Crippen LogP contribution in [0.15, 0.2) is 54.9 Å². The summed E-state index contributed by atoms with van der Waals surface area (Å²) in [5, 5.41) is 6.73. The molecule has 0 saturated heterocycles. The molecule has 1 aliphatic rings. The fourth-order valence-corrected chi connectivity index (χ4v) is 2.71. The molecule has 1 amide bonds. The summed E-state index contributed by atoms with van der Waals surface area (Å²) >= 11 is 0. The first-order valence-corrected chi connectivity index (χ1v) is 7.07. The summed E-state index contributed by atoms with van der Waals surface area (Å²) in [5.41, 5.74) is 6.37. The van der Waals surface area contributed by atoms with E-state index in [2.05, 4.69) is 25.4 Å². The number of amides is 1. The van der Waals surface area contributed by atoms with Gasteiger partial charge in [0.05, 0.1) is 41.3 Å². The summed E-state index contributed by atoms with van der Waals surface area (Å²) in [7, 11) is 0. The second kappa shape index (κ2) is 5.01. The number of nitrogens with one attached hydrogen (secondary N) is 2. The van der Waals surface area contributed by atoms with Gasteiger partial charge in [0.15, 0.2) is 5.65 Å². The van der Waals surface area contributed by atoms with Crippen LogP contribution >= 0.6 is 0 Å². The molecule has 0 bridgehead atoms. The van der Waals surface area contributed by atoms with Crippen LogP contribution in [0.3, 0.4) is 0 Å². The van der Waals surface area contributed by atoms with E-state index in [-0.39, 0.29) is 22.5 Å². The summed E-state index contributed by atoms with van der Waals surface area (Å²) in [6.45, 7) is 0. The highest BCUT2D eigenvalue weighted by atomic mass is 19.1. The predicted molar refractivity (Wildman–Crippen MR) is 82.8 cm³/mol. The number of aromatic amines is 1. The minimum Gasteiger partial charge on any atom is -0.366 e. The average molecular weight is 325 g/mol. The Hall–Kier alpha value is -3.49. The fourth-order valence-electron chi connectivity index (χ4n) is 2.71. The molecule has 3 aromatic heterocycles. The number of rotatable bonds is 3. The normalized spacial score (nSPS) is 20.4. The van der Waals surface area contributed by atoms with Crippen LogP contribution in [0.2, 0.25) is 0 Å². The lowest BCUT2D eigenvalue weighted by molar-refractivity contribution is -0.114. The number of carbonyl (C=O) groups excluding carboxylic acids is 1. The van der Waals surface area contributed by atoms with E-state index in [1.54, 1.807) is 24.5 Å². The molecule has 1 unspecified atom stereocenters. The second-order valence-electron chi connectivity index (χ2n) is 5.21. The number of primary amides is 1. The van der Waals surface area contributed by atoms with Crippen molar-refractivity contribution in [3.8, 4) is 0 Å². The van der Waals surface area contributed by atoms with Crippen molar-refractivity contribution < 1.29 is 9.18 Å². The van der Waals surface area contributed by atoms with E-state index in [9.17, 15) is 4.79 Å². The fraction of sp³-hybridized carbons (Fsp3) is 0.0667. The Labute approximate surface area is 134 Å². The number of hydrogen-bond donors (Lipinski definition) is 3. The van der Waals surface area contributed by atoms with E-state index < -0.39 is 11.7 Å². The van der Waals surface area contributed by atoms with Gasteiger partial charge in [-0.05, 0) is 18.2 Å². The largest absolute Gasteiger partial charge is 0.366 e. The smallest absolute Gasteiger partial charge is 0.251 e. The van der Waals surface area contributed by atoms with Gasteiger partial charge in [0.2, 0.25) is 5.91 Å². The second-order valence-corrected chi connectivity index (χ2v) is 5.21. The van der Waals surface area contributed by atoms with Crippen LogP contribution in [0.25, 0.3) is 11.2 Å². The minimum atomic E-state index is -2.23. The number of nitrogens with zero attached hydrogens (tertiary/aromatic N) is 4. The molecule has 9 heteroatoms. The molecule has 8 nitrogen and oxygen atoms in total. The Balaban J connectivity index is 2.00. The maximum atomic E-state index is 15.9. The lowest BCUT2D eigenvalue weighted by Crippen LogP contribution is -2.40. The summed E-state index contributed by atoms with van der Waals surface area (Å²) in [5.74, 6) is -2.98. The molecule has 0 spiro atoms. The zero-order chi connectivity index (χ0) is 16.7. The number of fused-ring (bicyclic) bond motifs is 1. The van der Waals surface area contributed by atoms with Gasteiger partial charge < -0.3 is 16.0 Å². The van der Waals surface area contributed by atoms with Crippen molar-refractivity contribution in [2.24, 2.45) is 5.73 Å². The first-order chi connectivity index (χ1) is 11.6. The molecule has 4 rings (SSSR count). The van der Waals surface area contributed by atoms with Crippen molar-refractivity contribution in [1.82, 2.24) is 29.9 Å². The molecule has 4 N–H and O–H groups in total. The third kappa shape index (κ3) is 1.98. The monoisotopic (exact) mass is 325 g/mol. The Kier molecular flexibility index (Phi) is 2.95. The van der Waals surface area contributed by atoms with Gasteiger partial charge in [-0.3, -0.25) is 4.79 Å². The topological polar surface area (TPSA) is 114 Å². The van der Waals surface area contributed by atoms with Crippen molar-refractivity contribution in [2.45, 2.75) is 5.79 Å². The molecule has 1 atom stereocenters. The molecular formula is C15H12FN7O. The highest BCUT2D eigenvalue weighted by Crippen LogP contribution is 2.40. The highest BCUT2D eigenvalue weighted by Gasteiger charge is 2.43. The number of halogens is 1. The van der Waals surface area contributed by atoms with Crippen LogP contribution in [0.5, 0.6) is 0 Å². The van der Waals surface area contributed by atoms with Crippen LogP contribution in [-0.4, -0.2) is 30.5 Å². The number of nitrogens with two attached hydrogens (primary N) is 1. The summed E-state index contributed by atoms with van der Waals surface area (Å²) in [4.78, 5) is 22.8. The minimum absolute atomic E-state index is 0.00671.